The SMILES string of the molecule is COc1ccc(N2CCN(CC3(O)CCN(c4cccc(F)c4)CC3)[C@@H](C(N)=O)C2)cc1. The van der Waals surface area contributed by atoms with Crippen LogP contribution in [0.1, 0.15) is 12.8 Å². The van der Waals surface area contributed by atoms with Crippen molar-refractivity contribution in [1.82, 2.24) is 4.90 Å². The Morgan fingerprint density at radius 1 is 1.09 bits per heavy atom. The van der Waals surface area contributed by atoms with Crippen LogP contribution in [0.25, 0.3) is 0 Å². The number of methoxy groups -OCH3 is 1. The van der Waals surface area contributed by atoms with Gasteiger partial charge in [0.05, 0.1) is 12.7 Å². The summed E-state index contributed by atoms with van der Waals surface area (Å²) < 4.78 is 18.8. The van der Waals surface area contributed by atoms with Crippen molar-refractivity contribution in [2.75, 3.05) is 56.2 Å². The number of carbonyl (C=O) groups is 1. The lowest BCUT2D eigenvalue weighted by Crippen LogP contribution is -2.62. The first-order chi connectivity index (χ1) is 15.4. The molecule has 0 radical (unpaired) electrons. The van der Waals surface area contributed by atoms with Crippen LogP contribution >= 0.6 is 0 Å². The van der Waals surface area contributed by atoms with Gasteiger partial charge in [0.25, 0.3) is 0 Å². The van der Waals surface area contributed by atoms with E-state index in [1.165, 1.54) is 12.1 Å². The molecule has 8 heteroatoms. The topological polar surface area (TPSA) is 82.3 Å². The number of rotatable bonds is 6. The lowest BCUT2D eigenvalue weighted by Gasteiger charge is -2.46. The summed E-state index contributed by atoms with van der Waals surface area (Å²) in [6, 6.07) is 13.8. The van der Waals surface area contributed by atoms with Crippen LogP contribution in [0.2, 0.25) is 0 Å². The molecule has 2 heterocycles. The predicted octanol–water partition coefficient (Wildman–Crippen LogP) is 1.84. The molecule has 0 aromatic heterocycles. The lowest BCUT2D eigenvalue weighted by atomic mass is 9.89. The van der Waals surface area contributed by atoms with E-state index in [9.17, 15) is 14.3 Å². The van der Waals surface area contributed by atoms with E-state index in [1.54, 1.807) is 13.2 Å². The maximum absolute atomic E-state index is 13.6. The standard InChI is InChI=1S/C24H31FN4O3/c1-32-21-7-5-19(6-8-21)28-13-14-29(22(16-28)23(26)30)17-24(31)9-11-27(12-10-24)20-4-2-3-18(25)15-20/h2-8,15,22,31H,9-14,16-17H2,1H3,(H2,26,30)/t22-/m1/s1. The summed E-state index contributed by atoms with van der Waals surface area (Å²) in [5, 5.41) is 11.3. The van der Waals surface area contributed by atoms with Crippen molar-refractivity contribution in [2.24, 2.45) is 5.73 Å². The Morgan fingerprint density at radius 3 is 2.44 bits per heavy atom. The first kappa shape index (κ1) is 22.4. The van der Waals surface area contributed by atoms with E-state index >= 15 is 0 Å². The predicted molar refractivity (Wildman–Crippen MR) is 123 cm³/mol. The second-order valence-electron chi connectivity index (χ2n) is 8.72. The molecule has 1 atom stereocenters. The van der Waals surface area contributed by atoms with E-state index < -0.39 is 11.6 Å². The van der Waals surface area contributed by atoms with Crippen molar-refractivity contribution in [2.45, 2.75) is 24.5 Å². The molecule has 2 saturated heterocycles. The molecule has 0 bridgehead atoms. The zero-order valence-corrected chi connectivity index (χ0v) is 18.4. The van der Waals surface area contributed by atoms with Crippen molar-refractivity contribution < 1.29 is 19.0 Å². The number of primary amides is 1. The van der Waals surface area contributed by atoms with E-state index in [-0.39, 0.29) is 11.7 Å². The smallest absolute Gasteiger partial charge is 0.236 e. The molecule has 2 aromatic rings. The van der Waals surface area contributed by atoms with E-state index in [2.05, 4.69) is 9.80 Å². The molecule has 0 spiro atoms. The van der Waals surface area contributed by atoms with Gasteiger partial charge in [-0.1, -0.05) is 6.07 Å². The summed E-state index contributed by atoms with van der Waals surface area (Å²) in [7, 11) is 1.63. The highest BCUT2D eigenvalue weighted by Crippen LogP contribution is 2.29. The van der Waals surface area contributed by atoms with Gasteiger partial charge in [0.1, 0.15) is 17.6 Å². The summed E-state index contributed by atoms with van der Waals surface area (Å²) in [6.45, 7) is 3.51. The Bertz CT molecular complexity index is 931. The average molecular weight is 443 g/mol. The minimum atomic E-state index is -0.903. The zero-order valence-electron chi connectivity index (χ0n) is 18.4. The van der Waals surface area contributed by atoms with Crippen molar-refractivity contribution in [3.05, 3.63) is 54.3 Å². The Hall–Kier alpha value is -2.84. The van der Waals surface area contributed by atoms with Crippen LogP contribution < -0.4 is 20.3 Å². The van der Waals surface area contributed by atoms with Crippen LogP contribution in [0.3, 0.4) is 0 Å². The van der Waals surface area contributed by atoms with E-state index in [0.29, 0.717) is 45.6 Å². The third-order valence-corrected chi connectivity index (χ3v) is 6.62. The van der Waals surface area contributed by atoms with Gasteiger partial charge in [-0.25, -0.2) is 4.39 Å². The van der Waals surface area contributed by atoms with Gasteiger partial charge in [0.2, 0.25) is 5.91 Å². The number of aliphatic hydroxyl groups is 1. The Labute approximate surface area is 188 Å². The molecular weight excluding hydrogens is 411 g/mol. The Kier molecular flexibility index (Phi) is 6.53. The van der Waals surface area contributed by atoms with Crippen molar-refractivity contribution >= 4 is 17.3 Å². The molecule has 1 amide bonds. The van der Waals surface area contributed by atoms with E-state index in [4.69, 9.17) is 10.5 Å². The maximum atomic E-state index is 13.6. The monoisotopic (exact) mass is 442 g/mol. The Morgan fingerprint density at radius 2 is 1.81 bits per heavy atom. The number of piperidine rings is 1. The van der Waals surface area contributed by atoms with Crippen LogP contribution in [0.5, 0.6) is 5.75 Å². The van der Waals surface area contributed by atoms with E-state index in [0.717, 1.165) is 23.7 Å². The molecule has 2 aliphatic heterocycles. The van der Waals surface area contributed by atoms with Crippen LogP contribution in [0, 0.1) is 5.82 Å². The summed E-state index contributed by atoms with van der Waals surface area (Å²) >= 11 is 0. The number of anilines is 2. The maximum Gasteiger partial charge on any atom is 0.236 e. The third kappa shape index (κ3) is 4.97. The third-order valence-electron chi connectivity index (χ3n) is 6.62. The summed E-state index contributed by atoms with van der Waals surface area (Å²) in [4.78, 5) is 18.5. The van der Waals surface area contributed by atoms with Gasteiger partial charge in [-0.05, 0) is 55.3 Å². The normalized spacial score (nSPS) is 21.4. The highest BCUT2D eigenvalue weighted by atomic mass is 19.1. The number of amides is 1. The van der Waals surface area contributed by atoms with Crippen LogP contribution in [0.4, 0.5) is 15.8 Å². The fourth-order valence-electron chi connectivity index (χ4n) is 4.70. The summed E-state index contributed by atoms with van der Waals surface area (Å²) in [6.07, 6.45) is 1.10. The largest absolute Gasteiger partial charge is 0.497 e. The minimum absolute atomic E-state index is 0.262. The molecule has 2 aliphatic rings. The molecule has 0 aliphatic carbocycles. The second kappa shape index (κ2) is 9.34. The van der Waals surface area contributed by atoms with Gasteiger partial charge in [0.15, 0.2) is 0 Å². The number of benzene rings is 2. The minimum Gasteiger partial charge on any atom is -0.497 e. The number of carbonyl (C=O) groups excluding carboxylic acids is 1. The number of β-amino-alcohol motifs (C(OH)–C–C–N with tert-alkyl or cyclic N) is 1. The van der Waals surface area contributed by atoms with E-state index in [1.807, 2.05) is 35.2 Å². The first-order valence-corrected chi connectivity index (χ1v) is 11.0. The molecule has 0 saturated carbocycles. The van der Waals surface area contributed by atoms with Crippen LogP contribution in [-0.2, 0) is 4.79 Å². The number of ether oxygens (including phenoxy) is 1. The fourth-order valence-corrected chi connectivity index (χ4v) is 4.70. The van der Waals surface area contributed by atoms with Crippen LogP contribution in [-0.4, -0.2) is 73.9 Å². The fraction of sp³-hybridized carbons (Fsp3) is 0.458. The highest BCUT2D eigenvalue weighted by Gasteiger charge is 2.39. The highest BCUT2D eigenvalue weighted by molar-refractivity contribution is 5.81. The van der Waals surface area contributed by atoms with Gasteiger partial charge in [-0.3, -0.25) is 9.69 Å². The summed E-state index contributed by atoms with van der Waals surface area (Å²) in [5.74, 6) is 0.136. The summed E-state index contributed by atoms with van der Waals surface area (Å²) in [5.41, 5.74) is 6.69. The quantitative estimate of drug-likeness (QED) is 0.711. The molecule has 4 rings (SSSR count). The second-order valence-corrected chi connectivity index (χ2v) is 8.72. The molecule has 0 unspecified atom stereocenters. The molecular formula is C24H31FN4O3. The number of piperazine rings is 1. The number of hydrogen-bond donors (Lipinski definition) is 2. The van der Waals surface area contributed by atoms with Gasteiger partial charge < -0.3 is 25.4 Å². The van der Waals surface area contributed by atoms with Crippen molar-refractivity contribution in [3.8, 4) is 5.75 Å². The van der Waals surface area contributed by atoms with Gasteiger partial charge in [0, 0.05) is 50.6 Å². The van der Waals surface area contributed by atoms with Gasteiger partial charge >= 0.3 is 0 Å². The molecule has 2 aromatic carbocycles. The number of hydrogen-bond acceptors (Lipinski definition) is 6. The lowest BCUT2D eigenvalue weighted by molar-refractivity contribution is -0.125. The molecule has 172 valence electrons. The Balaban J connectivity index is 1.38. The van der Waals surface area contributed by atoms with Gasteiger partial charge in [-0.2, -0.15) is 0 Å². The van der Waals surface area contributed by atoms with Crippen LogP contribution in [0.15, 0.2) is 48.5 Å². The first-order valence-electron chi connectivity index (χ1n) is 11.0. The molecule has 7 nitrogen and oxygen atoms in total. The molecule has 32 heavy (non-hydrogen) atoms. The zero-order chi connectivity index (χ0) is 22.7. The average Bonchev–Trinajstić information content (AvgIpc) is 2.79. The van der Waals surface area contributed by atoms with Crippen molar-refractivity contribution in [1.29, 1.82) is 0 Å². The number of halogens is 1. The molecule has 3 N–H and O–H groups in total. The van der Waals surface area contributed by atoms with Crippen molar-refractivity contribution in [3.63, 3.8) is 0 Å². The molecule has 2 fully saturated rings. The number of nitrogens with zero attached hydrogens (tertiary/aromatic N) is 3. The number of nitrogens with two attached hydrogens (primary N) is 1. The van der Waals surface area contributed by atoms with Gasteiger partial charge in [-0.15, -0.1) is 0 Å².